The summed E-state index contributed by atoms with van der Waals surface area (Å²) in [6, 6.07) is 26.6. The first-order chi connectivity index (χ1) is 32.0. The molecule has 340 valence electrons. The summed E-state index contributed by atoms with van der Waals surface area (Å²) in [5.74, 6) is 0.668. The van der Waals surface area contributed by atoms with E-state index < -0.39 is 18.5 Å². The molecule has 6 aromatic rings. The number of ether oxygens (including phenoxy) is 4. The van der Waals surface area contributed by atoms with E-state index in [-0.39, 0.29) is 46.1 Å². The molecule has 0 aliphatic carbocycles. The van der Waals surface area contributed by atoms with Gasteiger partial charge in [-0.1, -0.05) is 59.6 Å². The highest BCUT2D eigenvalue weighted by Crippen LogP contribution is 2.37. The van der Waals surface area contributed by atoms with Crippen LogP contribution in [0.4, 0.5) is 0 Å². The van der Waals surface area contributed by atoms with E-state index in [1.807, 2.05) is 38.1 Å². The zero-order chi connectivity index (χ0) is 47.0. The molecule has 1 atom stereocenters. The zero-order valence-electron chi connectivity index (χ0n) is 36.3. The van der Waals surface area contributed by atoms with Crippen molar-refractivity contribution in [2.24, 2.45) is 0 Å². The summed E-state index contributed by atoms with van der Waals surface area (Å²) in [4.78, 5) is 19.3. The molecule has 0 spiro atoms. The Hall–Kier alpha value is -6.75. The van der Waals surface area contributed by atoms with Gasteiger partial charge in [-0.25, -0.2) is 0 Å². The highest BCUT2D eigenvalue weighted by atomic mass is 35.5. The number of benzene rings is 4. The minimum Gasteiger partial charge on any atom is -0.488 e. The maximum absolute atomic E-state index is 11.0. The fourth-order valence-corrected chi connectivity index (χ4v) is 7.50. The molecule has 1 unspecified atom stereocenters. The number of carboxylic acid groups (broad SMARTS) is 1. The molecule has 0 aliphatic rings. The molecule has 0 amide bonds. The lowest BCUT2D eigenvalue weighted by Crippen LogP contribution is -2.28. The lowest BCUT2D eigenvalue weighted by atomic mass is 9.92. The summed E-state index contributed by atoms with van der Waals surface area (Å²) in [5.41, 5.74) is 9.55. The summed E-state index contributed by atoms with van der Waals surface area (Å²) in [6.07, 6.45) is 4.72. The van der Waals surface area contributed by atoms with Gasteiger partial charge in [0.1, 0.15) is 61.6 Å². The Kier molecular flexibility index (Phi) is 17.7. The van der Waals surface area contributed by atoms with Crippen molar-refractivity contribution in [1.82, 2.24) is 20.6 Å². The molecule has 5 N–H and O–H groups in total. The first kappa shape index (κ1) is 48.7. The Balaban J connectivity index is 1.18. The van der Waals surface area contributed by atoms with Crippen LogP contribution in [-0.4, -0.2) is 57.1 Å². The van der Waals surface area contributed by atoms with Gasteiger partial charge in [-0.05, 0) is 71.5 Å². The van der Waals surface area contributed by atoms with Crippen molar-refractivity contribution in [2.75, 3.05) is 19.7 Å². The van der Waals surface area contributed by atoms with Gasteiger partial charge >= 0.3 is 5.97 Å². The molecule has 0 fully saturated rings. The zero-order valence-corrected chi connectivity index (χ0v) is 37.8. The van der Waals surface area contributed by atoms with Crippen LogP contribution in [-0.2, 0) is 44.3 Å². The summed E-state index contributed by atoms with van der Waals surface area (Å²) < 4.78 is 25.1. The number of aliphatic hydroxyl groups is 2. The van der Waals surface area contributed by atoms with Gasteiger partial charge in [0, 0.05) is 85.4 Å². The number of carbonyl (C=O) groups is 1. The number of aliphatic hydroxyl groups excluding tert-OH is 2. The van der Waals surface area contributed by atoms with Crippen LogP contribution in [0.15, 0.2) is 97.6 Å². The number of halogens is 2. The van der Waals surface area contributed by atoms with Crippen LogP contribution in [0, 0.1) is 36.5 Å². The van der Waals surface area contributed by atoms with Gasteiger partial charge in [0.15, 0.2) is 0 Å². The summed E-state index contributed by atoms with van der Waals surface area (Å²) in [5, 5.41) is 54.0. The Morgan fingerprint density at radius 2 is 1.14 bits per heavy atom. The summed E-state index contributed by atoms with van der Waals surface area (Å²) >= 11 is 13.6. The third-order valence-electron chi connectivity index (χ3n) is 10.5. The molecule has 0 aliphatic heterocycles. The van der Waals surface area contributed by atoms with Gasteiger partial charge in [0.2, 0.25) is 0 Å². The number of nitriles is 2. The van der Waals surface area contributed by atoms with Crippen LogP contribution in [0.3, 0.4) is 0 Å². The molecule has 4 aromatic carbocycles. The van der Waals surface area contributed by atoms with E-state index in [4.69, 9.17) is 47.3 Å². The summed E-state index contributed by atoms with van der Waals surface area (Å²) in [7, 11) is 0. The van der Waals surface area contributed by atoms with E-state index in [9.17, 15) is 25.5 Å². The van der Waals surface area contributed by atoms with Crippen molar-refractivity contribution < 1.29 is 39.1 Å². The second kappa shape index (κ2) is 24.0. The molecule has 6 rings (SSSR count). The maximum Gasteiger partial charge on any atom is 0.306 e. The molecular weight excluding hydrogens is 883 g/mol. The smallest absolute Gasteiger partial charge is 0.306 e. The molecule has 0 radical (unpaired) electrons. The van der Waals surface area contributed by atoms with Crippen LogP contribution >= 0.6 is 23.2 Å². The molecule has 0 saturated heterocycles. The van der Waals surface area contributed by atoms with Crippen LogP contribution in [0.5, 0.6) is 23.0 Å². The standard InChI is InChI=1S/C50H48Cl2N6O8/c1-31-37(29-65-48-16-46(39(13-44(48)51)24-55-9-10-59)63-27-35-11-33(18-53)20-56-22-35)5-3-7-42(31)43-8-4-6-38(32(43)2)30-66-49-17-47(64-28-36-12-34(19-54)21-57-23-36)40(14-45(49)52)25-58-26-41(60)15-50(61)62/h3-8,11-14,16-17,20-23,41,55,58-60H,9-10,15,24-30H2,1-2H3,(H,61,62). The Morgan fingerprint density at radius 1 is 0.667 bits per heavy atom. The van der Waals surface area contributed by atoms with Crippen molar-refractivity contribution in [3.8, 4) is 46.3 Å². The number of pyridine rings is 2. The number of aliphatic carboxylic acids is 1. The minimum atomic E-state index is -1.10. The quantitative estimate of drug-likeness (QED) is 0.0384. The van der Waals surface area contributed by atoms with Gasteiger partial charge < -0.3 is 44.9 Å². The maximum atomic E-state index is 11.0. The van der Waals surface area contributed by atoms with Crippen molar-refractivity contribution in [3.63, 3.8) is 0 Å². The fourth-order valence-electron chi connectivity index (χ4n) is 7.02. The molecular formula is C50H48Cl2N6O8. The van der Waals surface area contributed by atoms with Gasteiger partial charge in [-0.2, -0.15) is 10.5 Å². The van der Waals surface area contributed by atoms with Crippen LogP contribution in [0.25, 0.3) is 11.1 Å². The van der Waals surface area contributed by atoms with E-state index >= 15 is 0 Å². The SMILES string of the molecule is Cc1c(COc2cc(OCc3cncc(C#N)c3)c(CNCCO)cc2Cl)cccc1-c1cccc(COc2cc(OCc3cncc(C#N)c3)c(CNCC(O)CC(=O)O)cc2Cl)c1C. The Morgan fingerprint density at radius 3 is 1.59 bits per heavy atom. The van der Waals surface area contributed by atoms with Crippen molar-refractivity contribution in [3.05, 3.63) is 163 Å². The first-order valence-electron chi connectivity index (χ1n) is 20.9. The van der Waals surface area contributed by atoms with Crippen molar-refractivity contribution in [1.29, 1.82) is 10.5 Å². The Bertz CT molecular complexity index is 2740. The molecule has 14 nitrogen and oxygen atoms in total. The third-order valence-corrected chi connectivity index (χ3v) is 11.1. The number of aromatic nitrogens is 2. The van der Waals surface area contributed by atoms with E-state index in [0.29, 0.717) is 68.4 Å². The molecule has 0 saturated carbocycles. The number of rotatable bonds is 23. The highest BCUT2D eigenvalue weighted by Gasteiger charge is 2.18. The van der Waals surface area contributed by atoms with E-state index in [2.05, 4.69) is 44.9 Å². The van der Waals surface area contributed by atoms with E-state index in [1.165, 1.54) is 12.4 Å². The highest BCUT2D eigenvalue weighted by molar-refractivity contribution is 6.32. The van der Waals surface area contributed by atoms with Crippen LogP contribution in [0.1, 0.15) is 62.1 Å². The van der Waals surface area contributed by atoms with E-state index in [0.717, 1.165) is 44.5 Å². The van der Waals surface area contributed by atoms with Crippen LogP contribution < -0.4 is 29.6 Å². The van der Waals surface area contributed by atoms with Crippen molar-refractivity contribution >= 4 is 29.2 Å². The van der Waals surface area contributed by atoms with Gasteiger partial charge in [0.05, 0.1) is 40.3 Å². The second-order valence-electron chi connectivity index (χ2n) is 15.3. The largest absolute Gasteiger partial charge is 0.488 e. The number of nitrogens with one attached hydrogen (secondary N) is 2. The number of hydrogen-bond donors (Lipinski definition) is 5. The van der Waals surface area contributed by atoms with Crippen LogP contribution in [0.2, 0.25) is 10.0 Å². The monoisotopic (exact) mass is 930 g/mol. The lowest BCUT2D eigenvalue weighted by Gasteiger charge is -2.19. The topological polar surface area (TPSA) is 212 Å². The minimum absolute atomic E-state index is 0.0244. The average molecular weight is 932 g/mol. The average Bonchev–Trinajstić information content (AvgIpc) is 3.31. The van der Waals surface area contributed by atoms with Crippen molar-refractivity contribution in [2.45, 2.75) is 65.9 Å². The predicted octanol–water partition coefficient (Wildman–Crippen LogP) is 8.13. The molecule has 2 heterocycles. The van der Waals surface area contributed by atoms with Gasteiger partial charge in [-0.3, -0.25) is 14.8 Å². The number of nitrogens with zero attached hydrogens (tertiary/aromatic N) is 4. The number of carboxylic acids is 1. The first-order valence-corrected chi connectivity index (χ1v) is 21.6. The molecule has 0 bridgehead atoms. The summed E-state index contributed by atoms with van der Waals surface area (Å²) in [6.45, 7) is 5.75. The second-order valence-corrected chi connectivity index (χ2v) is 16.1. The molecule has 2 aromatic heterocycles. The molecule has 66 heavy (non-hydrogen) atoms. The molecule has 16 heteroatoms. The third kappa shape index (κ3) is 13.4. The fraction of sp³-hybridized carbons (Fsp3) is 0.260. The van der Waals surface area contributed by atoms with Gasteiger partial charge in [0.25, 0.3) is 0 Å². The van der Waals surface area contributed by atoms with E-state index in [1.54, 1.807) is 48.8 Å². The number of hydrogen-bond acceptors (Lipinski definition) is 13. The predicted molar refractivity (Wildman–Crippen MR) is 248 cm³/mol. The van der Waals surface area contributed by atoms with Gasteiger partial charge in [-0.15, -0.1) is 0 Å². The normalized spacial score (nSPS) is 11.3. The Labute approximate surface area is 392 Å². The lowest BCUT2D eigenvalue weighted by molar-refractivity contribution is -0.139.